The number of pyridine rings is 1. The van der Waals surface area contributed by atoms with E-state index in [0.29, 0.717) is 54.0 Å². The van der Waals surface area contributed by atoms with Gasteiger partial charge in [0.25, 0.3) is 0 Å². The summed E-state index contributed by atoms with van der Waals surface area (Å²) in [5, 5.41) is 25.7. The molecule has 1 fully saturated rings. The third kappa shape index (κ3) is 10.7. The van der Waals surface area contributed by atoms with Gasteiger partial charge in [-0.3, -0.25) is 4.98 Å². The molecular formula is C54H63N3O8S2. The molecule has 8 rings (SSSR count). The second kappa shape index (κ2) is 22.9. The Morgan fingerprint density at radius 2 is 1.70 bits per heavy atom. The van der Waals surface area contributed by atoms with E-state index < -0.39 is 27.8 Å². The molecular weight excluding hydrogens is 883 g/mol. The lowest BCUT2D eigenvalue weighted by Crippen LogP contribution is -2.70. The van der Waals surface area contributed by atoms with Crippen molar-refractivity contribution in [2.45, 2.75) is 92.4 Å². The van der Waals surface area contributed by atoms with Crippen molar-refractivity contribution in [3.8, 4) is 11.5 Å². The molecule has 6 atom stereocenters. The number of rotatable bonds is 24. The number of para-hydroxylation sites is 1. The van der Waals surface area contributed by atoms with Crippen LogP contribution < -0.4 is 9.47 Å². The van der Waals surface area contributed by atoms with Gasteiger partial charge in [0, 0.05) is 59.9 Å². The Kier molecular flexibility index (Phi) is 16.5. The van der Waals surface area contributed by atoms with Crippen molar-refractivity contribution in [1.29, 1.82) is 0 Å². The van der Waals surface area contributed by atoms with Crippen LogP contribution in [-0.2, 0) is 26.2 Å². The summed E-state index contributed by atoms with van der Waals surface area (Å²) in [6, 6.07) is 34.1. The predicted octanol–water partition coefficient (Wildman–Crippen LogP) is 10.3. The monoisotopic (exact) mass is 945 g/mol. The minimum Gasteiger partial charge on any atom is -0.493 e. The van der Waals surface area contributed by atoms with Gasteiger partial charge < -0.3 is 29.3 Å². The fourth-order valence-electron chi connectivity index (χ4n) is 10.4. The highest BCUT2D eigenvalue weighted by molar-refractivity contribution is 7.99. The molecule has 0 spiro atoms. The number of allylic oxidation sites excluding steroid dienone is 1. The van der Waals surface area contributed by atoms with Crippen molar-refractivity contribution in [3.63, 3.8) is 0 Å². The zero-order valence-electron chi connectivity index (χ0n) is 38.3. The van der Waals surface area contributed by atoms with Crippen LogP contribution in [-0.4, -0.2) is 84.2 Å². The maximum Gasteiger partial charge on any atom is 0.245 e. The number of nitrogens with zero attached hydrogens (tertiary/aromatic N) is 3. The highest BCUT2D eigenvalue weighted by Gasteiger charge is 2.66. The molecule has 0 saturated heterocycles. The summed E-state index contributed by atoms with van der Waals surface area (Å²) in [7, 11) is -4.29. The second-order valence-electron chi connectivity index (χ2n) is 17.5. The number of hydrogen-bond donors (Lipinski definition) is 2. The van der Waals surface area contributed by atoms with Crippen LogP contribution in [0.3, 0.4) is 0 Å². The molecule has 2 aliphatic carbocycles. The summed E-state index contributed by atoms with van der Waals surface area (Å²) in [6.45, 7) is 7.17. The van der Waals surface area contributed by atoms with Crippen LogP contribution in [0.1, 0.15) is 75.3 Å². The number of benzene rings is 4. The van der Waals surface area contributed by atoms with E-state index in [-0.39, 0.29) is 62.0 Å². The second-order valence-corrected chi connectivity index (χ2v) is 20.5. The van der Waals surface area contributed by atoms with Crippen molar-refractivity contribution in [2.75, 3.05) is 38.7 Å². The van der Waals surface area contributed by atoms with Crippen LogP contribution in [0, 0.1) is 17.8 Å². The fraction of sp³-hybridized carbons (Fsp3) is 0.407. The molecule has 13 heteroatoms. The predicted molar refractivity (Wildman–Crippen MR) is 265 cm³/mol. The number of ether oxygens (including phenoxy) is 3. The maximum atomic E-state index is 15.6. The van der Waals surface area contributed by atoms with Crippen LogP contribution in [0.5, 0.6) is 11.5 Å². The third-order valence-corrected chi connectivity index (χ3v) is 16.1. The highest BCUT2D eigenvalue weighted by atomic mass is 32.2. The van der Waals surface area contributed by atoms with Crippen molar-refractivity contribution in [2.24, 2.45) is 22.9 Å². The zero-order chi connectivity index (χ0) is 46.6. The Morgan fingerprint density at radius 3 is 2.46 bits per heavy atom. The smallest absolute Gasteiger partial charge is 0.245 e. The number of fused-ring (bicyclic) bond motifs is 3. The van der Waals surface area contributed by atoms with Crippen LogP contribution in [0.2, 0.25) is 0 Å². The molecule has 1 aliphatic heterocycles. The number of unbranched alkanes of at least 4 members (excludes halogenated alkanes) is 2. The van der Waals surface area contributed by atoms with Gasteiger partial charge in [-0.15, -0.1) is 18.3 Å². The van der Waals surface area contributed by atoms with Crippen molar-refractivity contribution < 1.29 is 37.7 Å². The summed E-state index contributed by atoms with van der Waals surface area (Å²) in [5.74, 6) is -0.254. The summed E-state index contributed by atoms with van der Waals surface area (Å²) >= 11 is 1.74. The van der Waals surface area contributed by atoms with E-state index in [0.717, 1.165) is 48.1 Å². The minimum absolute atomic E-state index is 0.0148. The molecule has 4 aromatic carbocycles. The number of sulfonamides is 1. The Balaban J connectivity index is 1.31. The average molecular weight is 946 g/mol. The Morgan fingerprint density at radius 1 is 0.940 bits per heavy atom. The molecule has 0 radical (unpaired) electrons. The van der Waals surface area contributed by atoms with Crippen molar-refractivity contribution in [1.82, 2.24) is 9.29 Å². The van der Waals surface area contributed by atoms with E-state index >= 15 is 8.42 Å². The summed E-state index contributed by atoms with van der Waals surface area (Å²) in [5.41, 5.74) is 3.84. The van der Waals surface area contributed by atoms with Crippen LogP contribution in [0.4, 0.5) is 0 Å². The van der Waals surface area contributed by atoms with Gasteiger partial charge in [-0.2, -0.15) is 4.31 Å². The molecule has 6 unspecified atom stereocenters. The molecule has 3 aliphatic rings. The molecule has 67 heavy (non-hydrogen) atoms. The Hall–Kier alpha value is -5.02. The van der Waals surface area contributed by atoms with E-state index in [1.807, 2.05) is 79.7 Å². The fourth-order valence-corrected chi connectivity index (χ4v) is 13.0. The number of thioether (sulfide) groups is 1. The van der Waals surface area contributed by atoms with Gasteiger partial charge >= 0.3 is 0 Å². The first-order valence-corrected chi connectivity index (χ1v) is 26.2. The summed E-state index contributed by atoms with van der Waals surface area (Å²) in [4.78, 5) is 12.1. The van der Waals surface area contributed by atoms with E-state index in [4.69, 9.17) is 24.2 Å². The van der Waals surface area contributed by atoms with E-state index in [1.165, 1.54) is 4.90 Å². The molecule has 11 nitrogen and oxygen atoms in total. The molecule has 354 valence electrons. The van der Waals surface area contributed by atoms with Crippen molar-refractivity contribution in [3.05, 3.63) is 151 Å². The van der Waals surface area contributed by atoms with Gasteiger partial charge in [0.15, 0.2) is 0 Å². The number of hydrogen-bond acceptors (Lipinski definition) is 11. The molecule has 0 amide bonds. The van der Waals surface area contributed by atoms with E-state index in [2.05, 4.69) is 35.8 Å². The average Bonchev–Trinajstić information content (AvgIpc) is 3.35. The SMILES string of the molecule is C=CCOC12Oc3ccc(OCCSc4ccccc4)cc3C3C(CCCCO)C(CCCCO)C=C(C(=NOCc4ccccc4)CC1N(CCC)S(=O)(=O)c1cccc4cccnc14)C32. The molecule has 0 bridgehead atoms. The van der Waals surface area contributed by atoms with Gasteiger partial charge in [-0.25, -0.2) is 8.42 Å². The zero-order valence-corrected chi connectivity index (χ0v) is 40.0. The third-order valence-electron chi connectivity index (χ3n) is 13.2. The molecule has 2 heterocycles. The lowest BCUT2D eigenvalue weighted by molar-refractivity contribution is -0.251. The van der Waals surface area contributed by atoms with Crippen LogP contribution >= 0.6 is 11.8 Å². The van der Waals surface area contributed by atoms with E-state index in [1.54, 1.807) is 46.5 Å². The number of aromatic nitrogens is 1. The number of oxime groups is 1. The van der Waals surface area contributed by atoms with Gasteiger partial charge in [-0.1, -0.05) is 104 Å². The topological polar surface area (TPSA) is 140 Å². The maximum absolute atomic E-state index is 15.6. The summed E-state index contributed by atoms with van der Waals surface area (Å²) < 4.78 is 53.9. The van der Waals surface area contributed by atoms with Crippen molar-refractivity contribution >= 4 is 38.4 Å². The lowest BCUT2D eigenvalue weighted by atomic mass is 9.55. The van der Waals surface area contributed by atoms with Crippen LogP contribution in [0.25, 0.3) is 10.9 Å². The molecule has 5 aromatic rings. The molecule has 2 N–H and O–H groups in total. The first kappa shape index (κ1) is 48.4. The Labute approximate surface area is 399 Å². The normalized spacial score (nSPS) is 22.7. The first-order valence-electron chi connectivity index (χ1n) is 23.7. The lowest BCUT2D eigenvalue weighted by Gasteiger charge is -2.59. The van der Waals surface area contributed by atoms with Gasteiger partial charge in [0.05, 0.1) is 36.4 Å². The number of aliphatic hydroxyl groups excluding tert-OH is 2. The van der Waals surface area contributed by atoms with Gasteiger partial charge in [0.1, 0.15) is 23.0 Å². The number of aliphatic hydroxyl groups is 2. The highest BCUT2D eigenvalue weighted by Crippen LogP contribution is 2.62. The largest absolute Gasteiger partial charge is 0.493 e. The molecule has 1 aromatic heterocycles. The van der Waals surface area contributed by atoms with E-state index in [9.17, 15) is 10.2 Å². The Bertz CT molecular complexity index is 2590. The standard InChI is InChI=1S/C54H63N3O8S2/c1-3-29-57(67(60,61)49-25-15-20-40-21-16-28-55-53(40)49)50-37-47(56-64-38-39-17-7-5-8-18-39)45-35-41(19-11-13-30-58)44(24-12-14-31-59)51-46-36-42(62-33-34-66-43-22-9-6-10-23-43)26-27-48(46)65-54(50,52(45)51)63-32-4-2/h4-10,15-18,20-23,25-28,35-36,41,44,50-52,58-59H,2-3,11-14,19,24,29-34,37-38H2,1H3. The van der Waals surface area contributed by atoms with Gasteiger partial charge in [-0.05, 0) is 97.5 Å². The minimum atomic E-state index is -4.29. The van der Waals surface area contributed by atoms with Gasteiger partial charge in [0.2, 0.25) is 15.8 Å². The van der Waals surface area contributed by atoms with Crippen LogP contribution in [0.15, 0.2) is 155 Å². The quantitative estimate of drug-likeness (QED) is 0.0266. The first-order chi connectivity index (χ1) is 32.8. The molecule has 1 saturated carbocycles. The summed E-state index contributed by atoms with van der Waals surface area (Å²) in [6.07, 6.45) is 10.8.